The van der Waals surface area contributed by atoms with E-state index in [1.807, 2.05) is 38.1 Å². The van der Waals surface area contributed by atoms with Crippen LogP contribution < -0.4 is 5.73 Å². The molecule has 3 heteroatoms. The number of ether oxygens (including phenoxy) is 1. The monoisotopic (exact) mass is 235 g/mol. The SMILES string of the molecule is Cc1ccc(C(C)(O)C2(CN)CCOC2)cc1. The first kappa shape index (κ1) is 12.6. The van der Waals surface area contributed by atoms with Gasteiger partial charge in [-0.05, 0) is 25.8 Å². The lowest BCUT2D eigenvalue weighted by atomic mass is 9.68. The van der Waals surface area contributed by atoms with Crippen LogP contribution in [0.3, 0.4) is 0 Å². The molecule has 0 bridgehead atoms. The average molecular weight is 235 g/mol. The molecule has 94 valence electrons. The van der Waals surface area contributed by atoms with Crippen LogP contribution in [0.15, 0.2) is 24.3 Å². The van der Waals surface area contributed by atoms with Gasteiger partial charge in [-0.1, -0.05) is 29.8 Å². The van der Waals surface area contributed by atoms with E-state index in [1.165, 1.54) is 5.56 Å². The van der Waals surface area contributed by atoms with Gasteiger partial charge in [-0.3, -0.25) is 0 Å². The van der Waals surface area contributed by atoms with Crippen LogP contribution in [0.4, 0.5) is 0 Å². The lowest BCUT2D eigenvalue weighted by Crippen LogP contribution is -2.49. The van der Waals surface area contributed by atoms with Crippen molar-refractivity contribution in [1.29, 1.82) is 0 Å². The summed E-state index contributed by atoms with van der Waals surface area (Å²) in [6, 6.07) is 7.99. The highest BCUT2D eigenvalue weighted by atomic mass is 16.5. The van der Waals surface area contributed by atoms with Crippen molar-refractivity contribution in [2.24, 2.45) is 11.1 Å². The van der Waals surface area contributed by atoms with Crippen molar-refractivity contribution in [3.8, 4) is 0 Å². The number of hydrogen-bond donors (Lipinski definition) is 2. The van der Waals surface area contributed by atoms with Crippen molar-refractivity contribution in [3.05, 3.63) is 35.4 Å². The maximum Gasteiger partial charge on any atom is 0.0959 e. The Hall–Kier alpha value is -0.900. The molecule has 0 amide bonds. The summed E-state index contributed by atoms with van der Waals surface area (Å²) in [5.41, 5.74) is 6.69. The van der Waals surface area contributed by atoms with Gasteiger partial charge >= 0.3 is 0 Å². The molecule has 1 fully saturated rings. The molecule has 1 aliphatic rings. The van der Waals surface area contributed by atoms with Gasteiger partial charge in [-0.25, -0.2) is 0 Å². The maximum atomic E-state index is 10.9. The van der Waals surface area contributed by atoms with E-state index < -0.39 is 5.60 Å². The maximum absolute atomic E-state index is 10.9. The topological polar surface area (TPSA) is 55.5 Å². The smallest absolute Gasteiger partial charge is 0.0959 e. The minimum Gasteiger partial charge on any atom is -0.385 e. The molecule has 2 atom stereocenters. The van der Waals surface area contributed by atoms with Crippen LogP contribution >= 0.6 is 0 Å². The summed E-state index contributed by atoms with van der Waals surface area (Å²) in [4.78, 5) is 0. The Morgan fingerprint density at radius 2 is 2.06 bits per heavy atom. The van der Waals surface area contributed by atoms with Gasteiger partial charge in [0, 0.05) is 18.6 Å². The van der Waals surface area contributed by atoms with Crippen LogP contribution in [0.25, 0.3) is 0 Å². The summed E-state index contributed by atoms with van der Waals surface area (Å²) in [7, 11) is 0. The van der Waals surface area contributed by atoms with Crippen molar-refractivity contribution in [1.82, 2.24) is 0 Å². The Morgan fingerprint density at radius 3 is 2.53 bits per heavy atom. The van der Waals surface area contributed by atoms with E-state index in [4.69, 9.17) is 10.5 Å². The Bertz CT molecular complexity index is 378. The first-order valence-electron chi connectivity index (χ1n) is 6.09. The number of nitrogens with two attached hydrogens (primary N) is 1. The molecule has 0 spiro atoms. The van der Waals surface area contributed by atoms with Gasteiger partial charge in [0.05, 0.1) is 12.2 Å². The molecule has 1 saturated heterocycles. The summed E-state index contributed by atoms with van der Waals surface area (Å²) in [6.45, 7) is 5.53. The van der Waals surface area contributed by atoms with Crippen molar-refractivity contribution in [3.63, 3.8) is 0 Å². The number of hydrogen-bond acceptors (Lipinski definition) is 3. The van der Waals surface area contributed by atoms with Crippen LogP contribution in [0.2, 0.25) is 0 Å². The van der Waals surface area contributed by atoms with E-state index in [0.717, 1.165) is 12.0 Å². The van der Waals surface area contributed by atoms with Gasteiger partial charge in [-0.15, -0.1) is 0 Å². The fraction of sp³-hybridized carbons (Fsp3) is 0.571. The fourth-order valence-corrected chi connectivity index (χ4v) is 2.54. The quantitative estimate of drug-likeness (QED) is 0.836. The molecule has 0 saturated carbocycles. The average Bonchev–Trinajstić information content (AvgIpc) is 2.79. The molecule has 0 radical (unpaired) electrons. The molecule has 3 N–H and O–H groups in total. The van der Waals surface area contributed by atoms with Crippen molar-refractivity contribution in [2.75, 3.05) is 19.8 Å². The van der Waals surface area contributed by atoms with E-state index in [-0.39, 0.29) is 5.41 Å². The molecule has 2 unspecified atom stereocenters. The van der Waals surface area contributed by atoms with Crippen molar-refractivity contribution < 1.29 is 9.84 Å². The normalized spacial score (nSPS) is 28.0. The highest BCUT2D eigenvalue weighted by Gasteiger charge is 2.49. The largest absolute Gasteiger partial charge is 0.385 e. The number of rotatable bonds is 3. The molecule has 3 nitrogen and oxygen atoms in total. The summed E-state index contributed by atoms with van der Waals surface area (Å²) >= 11 is 0. The zero-order valence-electron chi connectivity index (χ0n) is 10.6. The summed E-state index contributed by atoms with van der Waals surface area (Å²) in [5.74, 6) is 0. The van der Waals surface area contributed by atoms with Gasteiger partial charge in [-0.2, -0.15) is 0 Å². The molecule has 0 aliphatic carbocycles. The number of aliphatic hydroxyl groups is 1. The summed E-state index contributed by atoms with van der Waals surface area (Å²) < 4.78 is 5.44. The third-order valence-corrected chi connectivity index (χ3v) is 4.14. The fourth-order valence-electron chi connectivity index (χ4n) is 2.54. The van der Waals surface area contributed by atoms with Crippen molar-refractivity contribution >= 4 is 0 Å². The van der Waals surface area contributed by atoms with Crippen LogP contribution in [-0.2, 0) is 10.3 Å². The van der Waals surface area contributed by atoms with Crippen LogP contribution in [0.5, 0.6) is 0 Å². The molecule has 1 heterocycles. The first-order chi connectivity index (χ1) is 8.02. The van der Waals surface area contributed by atoms with E-state index >= 15 is 0 Å². The van der Waals surface area contributed by atoms with Gasteiger partial charge < -0.3 is 15.6 Å². The molecule has 17 heavy (non-hydrogen) atoms. The second-order valence-electron chi connectivity index (χ2n) is 5.23. The Labute approximate surface area is 103 Å². The second kappa shape index (κ2) is 4.41. The molecule has 1 aliphatic heterocycles. The third kappa shape index (κ3) is 1.99. The molecule has 1 aromatic carbocycles. The number of benzene rings is 1. The van der Waals surface area contributed by atoms with Gasteiger partial charge in [0.1, 0.15) is 0 Å². The first-order valence-corrected chi connectivity index (χ1v) is 6.09. The predicted octanol–water partition coefficient (Wildman–Crippen LogP) is 1.57. The third-order valence-electron chi connectivity index (χ3n) is 4.14. The van der Waals surface area contributed by atoms with Gasteiger partial charge in [0.25, 0.3) is 0 Å². The van der Waals surface area contributed by atoms with E-state index in [1.54, 1.807) is 0 Å². The van der Waals surface area contributed by atoms with Gasteiger partial charge in [0.2, 0.25) is 0 Å². The molecular weight excluding hydrogens is 214 g/mol. The molecule has 0 aromatic heterocycles. The zero-order chi connectivity index (χ0) is 12.5. The highest BCUT2D eigenvalue weighted by molar-refractivity contribution is 5.28. The van der Waals surface area contributed by atoms with Crippen molar-refractivity contribution in [2.45, 2.75) is 25.9 Å². The molecule has 1 aromatic rings. The minimum absolute atomic E-state index is 0.359. The summed E-state index contributed by atoms with van der Waals surface area (Å²) in [6.07, 6.45) is 0.810. The Morgan fingerprint density at radius 1 is 1.41 bits per heavy atom. The molecular formula is C14H21NO2. The Kier molecular flexibility index (Phi) is 3.25. The predicted molar refractivity (Wildman–Crippen MR) is 67.7 cm³/mol. The Balaban J connectivity index is 2.37. The van der Waals surface area contributed by atoms with Crippen LogP contribution in [0, 0.1) is 12.3 Å². The number of aryl methyl sites for hydroxylation is 1. The molecule has 2 rings (SSSR count). The standard InChI is InChI=1S/C14H21NO2/c1-11-3-5-12(6-4-11)13(2,16)14(9-15)7-8-17-10-14/h3-6,16H,7-10,15H2,1-2H3. The van der Waals surface area contributed by atoms with Crippen LogP contribution in [0.1, 0.15) is 24.5 Å². The van der Waals surface area contributed by atoms with Crippen LogP contribution in [-0.4, -0.2) is 24.9 Å². The van der Waals surface area contributed by atoms with E-state index in [9.17, 15) is 5.11 Å². The van der Waals surface area contributed by atoms with E-state index in [0.29, 0.717) is 19.8 Å². The second-order valence-corrected chi connectivity index (χ2v) is 5.23. The lowest BCUT2D eigenvalue weighted by Gasteiger charge is -2.41. The zero-order valence-corrected chi connectivity index (χ0v) is 10.6. The summed E-state index contributed by atoms with van der Waals surface area (Å²) in [5, 5.41) is 10.9. The highest BCUT2D eigenvalue weighted by Crippen LogP contribution is 2.44. The lowest BCUT2D eigenvalue weighted by molar-refractivity contribution is -0.0747. The van der Waals surface area contributed by atoms with Gasteiger partial charge in [0.15, 0.2) is 0 Å². The van der Waals surface area contributed by atoms with E-state index in [2.05, 4.69) is 0 Å². The minimum atomic E-state index is -0.939.